The first-order chi connectivity index (χ1) is 10.6. The summed E-state index contributed by atoms with van der Waals surface area (Å²) in [5.41, 5.74) is 2.15. The van der Waals surface area contributed by atoms with Crippen molar-refractivity contribution in [1.29, 1.82) is 0 Å². The molecule has 2 aliphatic rings. The van der Waals surface area contributed by atoms with Gasteiger partial charge in [0.25, 0.3) is 5.69 Å². The van der Waals surface area contributed by atoms with Gasteiger partial charge in [0.15, 0.2) is 0 Å². The summed E-state index contributed by atoms with van der Waals surface area (Å²) in [5.74, 6) is 0. The van der Waals surface area contributed by atoms with E-state index in [1.165, 1.54) is 6.42 Å². The van der Waals surface area contributed by atoms with E-state index in [0.717, 1.165) is 56.9 Å². The van der Waals surface area contributed by atoms with Crippen LogP contribution in [0.5, 0.6) is 0 Å². The first kappa shape index (κ1) is 15.1. The van der Waals surface area contributed by atoms with Crippen LogP contribution < -0.4 is 15.1 Å². The van der Waals surface area contributed by atoms with E-state index in [0.29, 0.717) is 6.04 Å². The van der Waals surface area contributed by atoms with Crippen molar-refractivity contribution in [3.05, 3.63) is 28.3 Å². The van der Waals surface area contributed by atoms with Crippen molar-refractivity contribution in [2.75, 3.05) is 42.5 Å². The maximum atomic E-state index is 11.4. The summed E-state index contributed by atoms with van der Waals surface area (Å²) in [4.78, 5) is 15.6. The average Bonchev–Trinajstić information content (AvgIpc) is 2.55. The molecule has 0 saturated carbocycles. The fourth-order valence-corrected chi connectivity index (χ4v) is 3.51. The number of nitro benzene ring substituents is 1. The molecular formula is C16H25N4O2+. The minimum atomic E-state index is -0.250. The van der Waals surface area contributed by atoms with Crippen LogP contribution in [0.3, 0.4) is 0 Å². The average molecular weight is 305 g/mol. The number of piperidine rings is 1. The van der Waals surface area contributed by atoms with Crippen LogP contribution in [-0.4, -0.2) is 43.7 Å². The van der Waals surface area contributed by atoms with Gasteiger partial charge in [0.2, 0.25) is 0 Å². The lowest BCUT2D eigenvalue weighted by Crippen LogP contribution is -2.94. The largest absolute Gasteiger partial charge is 0.366 e. The van der Waals surface area contributed by atoms with E-state index in [1.54, 1.807) is 6.07 Å². The highest BCUT2D eigenvalue weighted by molar-refractivity contribution is 5.70. The molecule has 1 aromatic carbocycles. The summed E-state index contributed by atoms with van der Waals surface area (Å²) in [5, 5.41) is 13.7. The Morgan fingerprint density at radius 1 is 1.18 bits per heavy atom. The van der Waals surface area contributed by atoms with E-state index in [2.05, 4.69) is 22.0 Å². The number of benzene rings is 1. The van der Waals surface area contributed by atoms with E-state index < -0.39 is 0 Å². The molecule has 1 aromatic rings. The highest BCUT2D eigenvalue weighted by Crippen LogP contribution is 2.34. The summed E-state index contributed by atoms with van der Waals surface area (Å²) in [6.07, 6.45) is 3.47. The van der Waals surface area contributed by atoms with Crippen LogP contribution in [0, 0.1) is 10.1 Å². The zero-order valence-corrected chi connectivity index (χ0v) is 13.2. The van der Waals surface area contributed by atoms with Crippen molar-refractivity contribution in [2.45, 2.75) is 32.2 Å². The van der Waals surface area contributed by atoms with Crippen LogP contribution >= 0.6 is 0 Å². The molecule has 0 aromatic heterocycles. The topological polar surface area (TPSA) is 66.2 Å². The molecule has 6 nitrogen and oxygen atoms in total. The zero-order valence-electron chi connectivity index (χ0n) is 13.2. The maximum absolute atomic E-state index is 11.4. The minimum Gasteiger partial charge on any atom is -0.366 e. The van der Waals surface area contributed by atoms with Gasteiger partial charge in [-0.1, -0.05) is 0 Å². The molecule has 2 heterocycles. The van der Waals surface area contributed by atoms with Gasteiger partial charge < -0.3 is 15.1 Å². The monoisotopic (exact) mass is 305 g/mol. The molecular weight excluding hydrogens is 280 g/mol. The molecule has 0 radical (unpaired) electrons. The zero-order chi connectivity index (χ0) is 15.5. The molecule has 6 heteroatoms. The number of nitrogens with zero attached hydrogens (tertiary/aromatic N) is 3. The number of hydrogen-bond donors (Lipinski definition) is 1. The number of anilines is 2. The van der Waals surface area contributed by atoms with Crippen molar-refractivity contribution < 1.29 is 10.2 Å². The molecule has 2 N–H and O–H groups in total. The van der Waals surface area contributed by atoms with Crippen LogP contribution in [0.1, 0.15) is 26.2 Å². The van der Waals surface area contributed by atoms with E-state index in [-0.39, 0.29) is 10.6 Å². The Labute approximate surface area is 131 Å². The van der Waals surface area contributed by atoms with Gasteiger partial charge in [-0.15, -0.1) is 0 Å². The Hall–Kier alpha value is -1.82. The minimum absolute atomic E-state index is 0.238. The molecule has 2 fully saturated rings. The Morgan fingerprint density at radius 2 is 1.95 bits per heavy atom. The van der Waals surface area contributed by atoms with Gasteiger partial charge >= 0.3 is 0 Å². The quantitative estimate of drug-likeness (QED) is 0.676. The van der Waals surface area contributed by atoms with Gasteiger partial charge in [0.05, 0.1) is 24.6 Å². The molecule has 0 spiro atoms. The van der Waals surface area contributed by atoms with E-state index in [1.807, 2.05) is 12.1 Å². The molecule has 3 rings (SSSR count). The number of nitro groups is 1. The van der Waals surface area contributed by atoms with Crippen LogP contribution in [0.4, 0.5) is 17.1 Å². The third kappa shape index (κ3) is 3.16. The summed E-state index contributed by atoms with van der Waals surface area (Å²) in [6.45, 7) is 7.15. The van der Waals surface area contributed by atoms with Gasteiger partial charge in [-0.2, -0.15) is 0 Å². The van der Waals surface area contributed by atoms with Gasteiger partial charge in [-0.05, 0) is 38.3 Å². The summed E-state index contributed by atoms with van der Waals surface area (Å²) in [7, 11) is 0. The van der Waals surface area contributed by atoms with Crippen molar-refractivity contribution in [2.24, 2.45) is 0 Å². The lowest BCUT2D eigenvalue weighted by atomic mass is 10.1. The highest BCUT2D eigenvalue weighted by Gasteiger charge is 2.25. The van der Waals surface area contributed by atoms with E-state index >= 15 is 0 Å². The second-order valence-corrected chi connectivity index (χ2v) is 6.43. The van der Waals surface area contributed by atoms with Crippen molar-refractivity contribution >= 4 is 17.1 Å². The van der Waals surface area contributed by atoms with E-state index in [9.17, 15) is 10.1 Å². The second-order valence-electron chi connectivity index (χ2n) is 6.43. The summed E-state index contributed by atoms with van der Waals surface area (Å²) < 4.78 is 0. The van der Waals surface area contributed by atoms with Gasteiger partial charge in [-0.25, -0.2) is 0 Å². The maximum Gasteiger partial charge on any atom is 0.292 e. The highest BCUT2D eigenvalue weighted by atomic mass is 16.6. The molecule has 0 bridgehead atoms. The summed E-state index contributed by atoms with van der Waals surface area (Å²) in [6, 6.07) is 6.19. The molecule has 120 valence electrons. The third-order valence-electron chi connectivity index (χ3n) is 4.69. The van der Waals surface area contributed by atoms with Crippen LogP contribution in [0.2, 0.25) is 0 Å². The van der Waals surface area contributed by atoms with Gasteiger partial charge in [0.1, 0.15) is 11.7 Å². The molecule has 1 atom stereocenters. The fourth-order valence-electron chi connectivity index (χ4n) is 3.51. The Bertz CT molecular complexity index is 543. The fraction of sp³-hybridized carbons (Fsp3) is 0.625. The number of nitrogens with two attached hydrogens (primary N) is 1. The molecule has 2 aliphatic heterocycles. The molecule has 22 heavy (non-hydrogen) atoms. The third-order valence-corrected chi connectivity index (χ3v) is 4.69. The first-order valence-corrected chi connectivity index (χ1v) is 8.27. The standard InChI is InChI=1S/C16H24N4O2/c1-13-12-19(10-7-17-13)14-5-6-15(20(21)22)16(11-14)18-8-3-2-4-9-18/h5-6,11,13,17H,2-4,7-10,12H2,1H3/p+1/t13-/m0/s1. The Morgan fingerprint density at radius 3 is 2.64 bits per heavy atom. The van der Waals surface area contributed by atoms with E-state index in [4.69, 9.17) is 0 Å². The number of piperazine rings is 1. The molecule has 0 aliphatic carbocycles. The van der Waals surface area contributed by atoms with Gasteiger partial charge in [-0.3, -0.25) is 10.1 Å². The van der Waals surface area contributed by atoms with Crippen LogP contribution in [0.15, 0.2) is 18.2 Å². The van der Waals surface area contributed by atoms with Crippen molar-refractivity contribution in [1.82, 2.24) is 0 Å². The second kappa shape index (κ2) is 6.52. The smallest absolute Gasteiger partial charge is 0.292 e. The van der Waals surface area contributed by atoms with Crippen molar-refractivity contribution in [3.8, 4) is 0 Å². The predicted molar refractivity (Wildman–Crippen MR) is 87.6 cm³/mol. The SMILES string of the molecule is C[C@H]1CN(c2ccc([N+](=O)[O-])c(N3CCCCC3)c2)CC[NH2+]1. The van der Waals surface area contributed by atoms with Gasteiger partial charge in [0, 0.05) is 24.8 Å². The number of quaternary nitrogens is 1. The molecule has 0 unspecified atom stereocenters. The van der Waals surface area contributed by atoms with Crippen molar-refractivity contribution in [3.63, 3.8) is 0 Å². The normalized spacial score (nSPS) is 22.7. The number of rotatable bonds is 3. The number of hydrogen-bond acceptors (Lipinski definition) is 4. The Balaban J connectivity index is 1.90. The molecule has 2 saturated heterocycles. The van der Waals surface area contributed by atoms with Crippen LogP contribution in [-0.2, 0) is 0 Å². The van der Waals surface area contributed by atoms with Crippen LogP contribution in [0.25, 0.3) is 0 Å². The Kier molecular flexibility index (Phi) is 4.47. The first-order valence-electron chi connectivity index (χ1n) is 8.27. The predicted octanol–water partition coefficient (Wildman–Crippen LogP) is 1.36. The lowest BCUT2D eigenvalue weighted by Gasteiger charge is -2.33. The molecule has 0 amide bonds. The lowest BCUT2D eigenvalue weighted by molar-refractivity contribution is -0.687. The summed E-state index contributed by atoms with van der Waals surface area (Å²) >= 11 is 0.